The summed E-state index contributed by atoms with van der Waals surface area (Å²) in [5.74, 6) is 0. The van der Waals surface area contributed by atoms with Crippen molar-refractivity contribution in [1.82, 2.24) is 4.90 Å². The SMILES string of the molecule is O=C1Nc2cc(CCCCN3CCN(c4cccc5sccc45)CC3)ccc2CO1. The lowest BCUT2D eigenvalue weighted by Gasteiger charge is -2.36. The maximum absolute atomic E-state index is 11.4. The molecule has 3 aromatic rings. The fraction of sp³-hybridized carbons (Fsp3) is 0.375. The lowest BCUT2D eigenvalue weighted by atomic mass is 10.0. The summed E-state index contributed by atoms with van der Waals surface area (Å²) in [6.45, 7) is 5.99. The van der Waals surface area contributed by atoms with Gasteiger partial charge in [0.15, 0.2) is 0 Å². The standard InChI is InChI=1S/C24H27N3O2S/c28-24-25-21-16-18(7-8-19(21)17-29-24)4-1-2-10-26-11-13-27(14-12-26)22-5-3-6-23-20(22)9-15-30-23/h3,5-9,15-16H,1-2,4,10-14,17H2,(H,25,28). The number of fused-ring (bicyclic) bond motifs is 2. The summed E-state index contributed by atoms with van der Waals surface area (Å²) in [5.41, 5.74) is 4.62. The highest BCUT2D eigenvalue weighted by molar-refractivity contribution is 7.17. The van der Waals surface area contributed by atoms with Gasteiger partial charge in [0.25, 0.3) is 0 Å². The number of piperazine rings is 1. The van der Waals surface area contributed by atoms with Crippen molar-refractivity contribution in [3.8, 4) is 0 Å². The first-order valence-corrected chi connectivity index (χ1v) is 11.6. The highest BCUT2D eigenvalue weighted by Crippen LogP contribution is 2.31. The molecule has 0 atom stereocenters. The van der Waals surface area contributed by atoms with E-state index in [2.05, 4.69) is 63.0 Å². The number of thiophene rings is 1. The van der Waals surface area contributed by atoms with E-state index in [0.29, 0.717) is 6.61 Å². The molecule has 0 bridgehead atoms. The minimum absolute atomic E-state index is 0.353. The van der Waals surface area contributed by atoms with E-state index in [4.69, 9.17) is 4.74 Å². The molecule has 1 fully saturated rings. The number of unbranched alkanes of at least 4 members (excludes halogenated alkanes) is 1. The van der Waals surface area contributed by atoms with Gasteiger partial charge in [-0.05, 0) is 61.0 Å². The monoisotopic (exact) mass is 421 g/mol. The third-order valence-corrected chi connectivity index (χ3v) is 7.03. The van der Waals surface area contributed by atoms with E-state index in [1.54, 1.807) is 0 Å². The van der Waals surface area contributed by atoms with Crippen molar-refractivity contribution in [2.75, 3.05) is 42.9 Å². The molecule has 1 N–H and O–H groups in total. The van der Waals surface area contributed by atoms with Gasteiger partial charge in [-0.25, -0.2) is 4.79 Å². The second-order valence-electron chi connectivity index (χ2n) is 8.09. The Hall–Kier alpha value is -2.57. The fourth-order valence-electron chi connectivity index (χ4n) is 4.44. The van der Waals surface area contributed by atoms with Crippen molar-refractivity contribution < 1.29 is 9.53 Å². The Bertz CT molecular complexity index is 1040. The van der Waals surface area contributed by atoms with E-state index >= 15 is 0 Å². The highest BCUT2D eigenvalue weighted by atomic mass is 32.1. The van der Waals surface area contributed by atoms with Gasteiger partial charge < -0.3 is 9.64 Å². The second-order valence-corrected chi connectivity index (χ2v) is 9.04. The van der Waals surface area contributed by atoms with E-state index in [1.165, 1.54) is 27.8 Å². The van der Waals surface area contributed by atoms with Gasteiger partial charge >= 0.3 is 6.09 Å². The molecule has 156 valence electrons. The molecular weight excluding hydrogens is 394 g/mol. The summed E-state index contributed by atoms with van der Waals surface area (Å²) in [5, 5.41) is 6.38. The number of carbonyl (C=O) groups is 1. The maximum atomic E-state index is 11.4. The van der Waals surface area contributed by atoms with Crippen LogP contribution in [0.15, 0.2) is 47.8 Å². The zero-order valence-corrected chi connectivity index (χ0v) is 17.9. The number of rotatable bonds is 6. The number of cyclic esters (lactones) is 1. The van der Waals surface area contributed by atoms with Gasteiger partial charge in [-0.1, -0.05) is 18.2 Å². The molecule has 2 aromatic carbocycles. The lowest BCUT2D eigenvalue weighted by Crippen LogP contribution is -2.46. The predicted molar refractivity (Wildman–Crippen MR) is 124 cm³/mol. The quantitative estimate of drug-likeness (QED) is 0.562. The molecule has 1 aromatic heterocycles. The zero-order valence-electron chi connectivity index (χ0n) is 17.1. The second kappa shape index (κ2) is 8.66. The fourth-order valence-corrected chi connectivity index (χ4v) is 5.25. The zero-order chi connectivity index (χ0) is 20.3. The van der Waals surface area contributed by atoms with Crippen LogP contribution >= 0.6 is 11.3 Å². The van der Waals surface area contributed by atoms with Crippen LogP contribution in [0.3, 0.4) is 0 Å². The Balaban J connectivity index is 1.08. The Morgan fingerprint density at radius 1 is 1.03 bits per heavy atom. The number of amides is 1. The number of hydrogen-bond donors (Lipinski definition) is 1. The minimum Gasteiger partial charge on any atom is -0.444 e. The Morgan fingerprint density at radius 2 is 1.93 bits per heavy atom. The number of benzene rings is 2. The van der Waals surface area contributed by atoms with Crippen LogP contribution < -0.4 is 10.2 Å². The lowest BCUT2D eigenvalue weighted by molar-refractivity contribution is 0.151. The van der Waals surface area contributed by atoms with Crippen LogP contribution in [-0.2, 0) is 17.8 Å². The topological polar surface area (TPSA) is 44.8 Å². The molecule has 30 heavy (non-hydrogen) atoms. The average molecular weight is 422 g/mol. The molecule has 2 aliphatic heterocycles. The molecule has 6 heteroatoms. The molecule has 1 saturated heterocycles. The molecule has 0 unspecified atom stereocenters. The number of hydrogen-bond acceptors (Lipinski definition) is 5. The third-order valence-electron chi connectivity index (χ3n) is 6.15. The van der Waals surface area contributed by atoms with Gasteiger partial charge in [0.05, 0.1) is 5.69 Å². The van der Waals surface area contributed by atoms with Gasteiger partial charge in [-0.3, -0.25) is 10.2 Å². The third kappa shape index (κ3) is 4.16. The van der Waals surface area contributed by atoms with E-state index in [9.17, 15) is 4.79 Å². The van der Waals surface area contributed by atoms with Gasteiger partial charge in [0, 0.05) is 47.5 Å². The van der Waals surface area contributed by atoms with Crippen molar-refractivity contribution in [3.05, 3.63) is 59.0 Å². The number of anilines is 2. The number of nitrogens with zero attached hydrogens (tertiary/aromatic N) is 2. The van der Waals surface area contributed by atoms with Crippen molar-refractivity contribution in [1.29, 1.82) is 0 Å². The maximum Gasteiger partial charge on any atom is 0.411 e. The van der Waals surface area contributed by atoms with Crippen LogP contribution in [0, 0.1) is 0 Å². The molecule has 3 heterocycles. The molecule has 5 nitrogen and oxygen atoms in total. The van der Waals surface area contributed by atoms with Crippen molar-refractivity contribution in [3.63, 3.8) is 0 Å². The van der Waals surface area contributed by atoms with Crippen LogP contribution in [0.2, 0.25) is 0 Å². The van der Waals surface area contributed by atoms with Crippen molar-refractivity contribution in [2.24, 2.45) is 0 Å². The van der Waals surface area contributed by atoms with Crippen LogP contribution in [0.5, 0.6) is 0 Å². The molecule has 0 radical (unpaired) electrons. The Morgan fingerprint density at radius 3 is 2.83 bits per heavy atom. The van der Waals surface area contributed by atoms with Crippen molar-refractivity contribution in [2.45, 2.75) is 25.9 Å². The molecule has 0 saturated carbocycles. The minimum atomic E-state index is -0.353. The summed E-state index contributed by atoms with van der Waals surface area (Å²) >= 11 is 1.82. The Labute approximate surface area is 181 Å². The largest absolute Gasteiger partial charge is 0.444 e. The van der Waals surface area contributed by atoms with Crippen LogP contribution in [-0.4, -0.2) is 43.7 Å². The summed E-state index contributed by atoms with van der Waals surface area (Å²) in [7, 11) is 0. The van der Waals surface area contributed by atoms with Gasteiger partial charge in [-0.15, -0.1) is 11.3 Å². The first-order valence-electron chi connectivity index (χ1n) is 10.8. The van der Waals surface area contributed by atoms with E-state index in [1.807, 2.05) is 11.3 Å². The van der Waals surface area contributed by atoms with E-state index < -0.39 is 0 Å². The van der Waals surface area contributed by atoms with Gasteiger partial charge in [0.2, 0.25) is 0 Å². The molecule has 0 aliphatic carbocycles. The molecule has 2 aliphatic rings. The normalized spacial score (nSPS) is 16.9. The summed E-state index contributed by atoms with van der Waals surface area (Å²) in [4.78, 5) is 16.5. The number of carbonyl (C=O) groups excluding carboxylic acids is 1. The molecule has 5 rings (SSSR count). The predicted octanol–water partition coefficient (Wildman–Crippen LogP) is 5.11. The van der Waals surface area contributed by atoms with E-state index in [0.717, 1.165) is 56.8 Å². The first-order chi connectivity index (χ1) is 14.8. The Kier molecular flexibility index (Phi) is 5.60. The average Bonchev–Trinajstić information content (AvgIpc) is 3.26. The summed E-state index contributed by atoms with van der Waals surface area (Å²) in [6.07, 6.45) is 3.06. The van der Waals surface area contributed by atoms with Crippen LogP contribution in [0.4, 0.5) is 16.2 Å². The number of ether oxygens (including phenoxy) is 1. The molecule has 1 amide bonds. The van der Waals surface area contributed by atoms with Gasteiger partial charge in [0.1, 0.15) is 6.61 Å². The number of nitrogens with one attached hydrogen (secondary N) is 1. The summed E-state index contributed by atoms with van der Waals surface area (Å²) in [6, 6.07) is 15.2. The van der Waals surface area contributed by atoms with Crippen LogP contribution in [0.25, 0.3) is 10.1 Å². The molecule has 0 spiro atoms. The highest BCUT2D eigenvalue weighted by Gasteiger charge is 2.19. The molecular formula is C24H27N3O2S. The van der Waals surface area contributed by atoms with Gasteiger partial charge in [-0.2, -0.15) is 0 Å². The van der Waals surface area contributed by atoms with Crippen LogP contribution in [0.1, 0.15) is 24.0 Å². The summed E-state index contributed by atoms with van der Waals surface area (Å²) < 4.78 is 6.38. The van der Waals surface area contributed by atoms with Crippen molar-refractivity contribution >= 4 is 38.9 Å². The number of aryl methyl sites for hydroxylation is 1. The first kappa shape index (κ1) is 19.4. The van der Waals surface area contributed by atoms with E-state index in [-0.39, 0.29) is 6.09 Å². The smallest absolute Gasteiger partial charge is 0.411 e.